The van der Waals surface area contributed by atoms with Crippen molar-refractivity contribution >= 4 is 46.9 Å². The van der Waals surface area contributed by atoms with Crippen molar-refractivity contribution in [3.8, 4) is 11.5 Å². The number of nitrogens with zero attached hydrogens (tertiary/aromatic N) is 1. The number of ether oxygens (including phenoxy) is 4. The van der Waals surface area contributed by atoms with Crippen LogP contribution in [0.4, 0.5) is 4.79 Å². The first-order chi connectivity index (χ1) is 20.2. The molecular formula is C31H34Cl3NO7. The molecule has 0 spiro atoms. The molecule has 1 atom stereocenters. The largest absolute Gasteiger partial charge is 0.492 e. The van der Waals surface area contributed by atoms with Gasteiger partial charge in [-0.15, -0.1) is 0 Å². The summed E-state index contributed by atoms with van der Waals surface area (Å²) < 4.78 is 22.4. The lowest BCUT2D eigenvalue weighted by Crippen LogP contribution is -2.37. The Morgan fingerprint density at radius 2 is 1.48 bits per heavy atom. The van der Waals surface area contributed by atoms with Crippen molar-refractivity contribution in [2.75, 3.05) is 32.9 Å². The third-order valence-corrected chi connectivity index (χ3v) is 6.74. The Bertz CT molecular complexity index is 1250. The summed E-state index contributed by atoms with van der Waals surface area (Å²) in [7, 11) is 0. The summed E-state index contributed by atoms with van der Waals surface area (Å²) in [5.41, 5.74) is 1.71. The van der Waals surface area contributed by atoms with E-state index in [9.17, 15) is 14.7 Å². The van der Waals surface area contributed by atoms with E-state index in [1.165, 1.54) is 0 Å². The number of carboxylic acids is 1. The number of unbranched alkanes of at least 4 members (excludes halogenated alkanes) is 1. The Morgan fingerprint density at radius 1 is 0.810 bits per heavy atom. The molecule has 0 saturated carbocycles. The summed E-state index contributed by atoms with van der Waals surface area (Å²) in [6.45, 7) is 3.93. The van der Waals surface area contributed by atoms with Crippen LogP contribution in [0.2, 0.25) is 15.1 Å². The van der Waals surface area contributed by atoms with Crippen LogP contribution in [0.15, 0.2) is 66.7 Å². The van der Waals surface area contributed by atoms with Crippen LogP contribution in [0.3, 0.4) is 0 Å². The molecule has 0 bridgehead atoms. The minimum Gasteiger partial charge on any atom is -0.492 e. The third kappa shape index (κ3) is 12.1. The van der Waals surface area contributed by atoms with Gasteiger partial charge in [0, 0.05) is 41.2 Å². The molecule has 11 heteroatoms. The Labute approximate surface area is 261 Å². The topological polar surface area (TPSA) is 94.5 Å². The van der Waals surface area contributed by atoms with Crippen LogP contribution in [0, 0.1) is 0 Å². The van der Waals surface area contributed by atoms with E-state index in [0.717, 1.165) is 17.5 Å². The number of rotatable bonds is 17. The highest BCUT2D eigenvalue weighted by molar-refractivity contribution is 6.34. The highest BCUT2D eigenvalue weighted by Crippen LogP contribution is 2.20. The average Bonchev–Trinajstić information content (AvgIpc) is 2.95. The van der Waals surface area contributed by atoms with Gasteiger partial charge in [-0.25, -0.2) is 9.59 Å². The number of halogens is 3. The minimum atomic E-state index is -1.000. The van der Waals surface area contributed by atoms with E-state index in [-0.39, 0.29) is 13.0 Å². The van der Waals surface area contributed by atoms with Crippen molar-refractivity contribution in [2.24, 2.45) is 0 Å². The minimum absolute atomic E-state index is 0.234. The highest BCUT2D eigenvalue weighted by Gasteiger charge is 2.18. The zero-order valence-corrected chi connectivity index (χ0v) is 25.5. The molecule has 3 aromatic rings. The maximum atomic E-state index is 13.0. The zero-order chi connectivity index (χ0) is 30.3. The quantitative estimate of drug-likeness (QED) is 0.153. The standard InChI is InChI=1S/C31H34Cl3NO7/c1-2-40-29(30(36)37)19-22-5-9-27(10-6-22)41-16-14-35(31(38)42-28-11-7-24(32)8-12-28)13-3-4-15-39-21-23-17-25(33)20-26(34)18-23/h5-12,17-18,20,29H,2-4,13-16,19,21H2,1H3,(H,36,37). The van der Waals surface area contributed by atoms with E-state index in [1.54, 1.807) is 66.4 Å². The van der Waals surface area contributed by atoms with E-state index < -0.39 is 18.2 Å². The van der Waals surface area contributed by atoms with Crippen molar-refractivity contribution in [2.45, 2.75) is 38.9 Å². The fraction of sp³-hybridized carbons (Fsp3) is 0.355. The summed E-state index contributed by atoms with van der Waals surface area (Å²) >= 11 is 18.0. The fourth-order valence-corrected chi connectivity index (χ4v) is 4.68. The van der Waals surface area contributed by atoms with Crippen molar-refractivity contribution in [3.05, 3.63) is 92.9 Å². The van der Waals surface area contributed by atoms with Gasteiger partial charge in [-0.1, -0.05) is 46.9 Å². The maximum absolute atomic E-state index is 13.0. The molecule has 3 aromatic carbocycles. The Hall–Kier alpha value is -3.01. The van der Waals surface area contributed by atoms with Crippen LogP contribution in [0.1, 0.15) is 30.9 Å². The molecule has 3 rings (SSSR count). The summed E-state index contributed by atoms with van der Waals surface area (Å²) in [4.78, 5) is 25.9. The lowest BCUT2D eigenvalue weighted by Gasteiger charge is -2.22. The van der Waals surface area contributed by atoms with Gasteiger partial charge in [-0.05, 0) is 85.5 Å². The van der Waals surface area contributed by atoms with Gasteiger partial charge in [0.1, 0.15) is 18.1 Å². The molecule has 0 aromatic heterocycles. The second kappa shape index (κ2) is 17.8. The number of carboxylic acid groups (broad SMARTS) is 1. The third-order valence-electron chi connectivity index (χ3n) is 6.05. The summed E-state index contributed by atoms with van der Waals surface area (Å²) in [6, 6.07) is 19.0. The Kier molecular flexibility index (Phi) is 14.2. The average molecular weight is 639 g/mol. The molecule has 1 N–H and O–H groups in total. The molecule has 1 amide bonds. The van der Waals surface area contributed by atoms with Crippen molar-refractivity contribution in [1.82, 2.24) is 4.90 Å². The van der Waals surface area contributed by atoms with Gasteiger partial charge in [0.25, 0.3) is 0 Å². The Morgan fingerprint density at radius 3 is 2.12 bits per heavy atom. The summed E-state index contributed by atoms with van der Waals surface area (Å²) in [5.74, 6) is -0.0101. The zero-order valence-electron chi connectivity index (χ0n) is 23.3. The maximum Gasteiger partial charge on any atom is 0.415 e. The normalized spacial score (nSPS) is 11.6. The number of benzene rings is 3. The molecular weight excluding hydrogens is 605 g/mol. The first kappa shape index (κ1) is 33.5. The number of carbonyl (C=O) groups excluding carboxylic acids is 1. The number of amides is 1. The fourth-order valence-electron chi connectivity index (χ4n) is 3.98. The number of aliphatic carboxylic acids is 1. The molecule has 1 unspecified atom stereocenters. The van der Waals surface area contributed by atoms with Crippen molar-refractivity contribution in [3.63, 3.8) is 0 Å². The Balaban J connectivity index is 1.49. The van der Waals surface area contributed by atoms with E-state index in [1.807, 2.05) is 12.1 Å². The first-order valence-electron chi connectivity index (χ1n) is 13.5. The van der Waals surface area contributed by atoms with E-state index >= 15 is 0 Å². The molecule has 0 radical (unpaired) electrons. The monoisotopic (exact) mass is 637 g/mol. The lowest BCUT2D eigenvalue weighted by molar-refractivity contribution is -0.149. The smallest absolute Gasteiger partial charge is 0.415 e. The summed E-state index contributed by atoms with van der Waals surface area (Å²) in [6.07, 6.45) is 0.264. The van der Waals surface area contributed by atoms with E-state index in [0.29, 0.717) is 65.9 Å². The van der Waals surface area contributed by atoms with Crippen molar-refractivity contribution in [1.29, 1.82) is 0 Å². The van der Waals surface area contributed by atoms with Gasteiger partial charge in [0.05, 0.1) is 13.2 Å². The molecule has 0 aliphatic rings. The second-order valence-electron chi connectivity index (χ2n) is 9.33. The van der Waals surface area contributed by atoms with E-state index in [4.69, 9.17) is 53.8 Å². The predicted molar refractivity (Wildman–Crippen MR) is 163 cm³/mol. The van der Waals surface area contributed by atoms with Gasteiger partial charge >= 0.3 is 12.1 Å². The SMILES string of the molecule is CCOC(Cc1ccc(OCCN(CCCCOCc2cc(Cl)cc(Cl)c2)C(=O)Oc2ccc(Cl)cc2)cc1)C(=O)O. The second-order valence-corrected chi connectivity index (χ2v) is 10.6. The molecule has 0 heterocycles. The van der Waals surface area contributed by atoms with Crippen LogP contribution in [0.25, 0.3) is 0 Å². The summed E-state index contributed by atoms with van der Waals surface area (Å²) in [5, 5.41) is 11.0. The highest BCUT2D eigenvalue weighted by atomic mass is 35.5. The van der Waals surface area contributed by atoms with Gasteiger partial charge in [0.2, 0.25) is 0 Å². The molecule has 42 heavy (non-hydrogen) atoms. The molecule has 0 aliphatic heterocycles. The molecule has 0 aliphatic carbocycles. The van der Waals surface area contributed by atoms with Gasteiger partial charge in [-0.2, -0.15) is 0 Å². The van der Waals surface area contributed by atoms with Crippen LogP contribution in [-0.2, 0) is 27.3 Å². The van der Waals surface area contributed by atoms with Crippen LogP contribution < -0.4 is 9.47 Å². The molecule has 0 fully saturated rings. The number of carbonyl (C=O) groups is 2. The molecule has 226 valence electrons. The number of hydrogen-bond donors (Lipinski definition) is 1. The van der Waals surface area contributed by atoms with E-state index in [2.05, 4.69) is 0 Å². The van der Waals surface area contributed by atoms with Gasteiger partial charge in [0.15, 0.2) is 6.10 Å². The predicted octanol–water partition coefficient (Wildman–Crippen LogP) is 7.56. The molecule has 0 saturated heterocycles. The van der Waals surface area contributed by atoms with Crippen molar-refractivity contribution < 1.29 is 33.6 Å². The lowest BCUT2D eigenvalue weighted by atomic mass is 10.1. The van der Waals surface area contributed by atoms with Crippen LogP contribution in [-0.4, -0.2) is 61.1 Å². The molecule has 8 nitrogen and oxygen atoms in total. The van der Waals surface area contributed by atoms with Crippen LogP contribution in [0.5, 0.6) is 11.5 Å². The van der Waals surface area contributed by atoms with Gasteiger partial charge < -0.3 is 29.0 Å². The number of hydrogen-bond acceptors (Lipinski definition) is 6. The first-order valence-corrected chi connectivity index (χ1v) is 14.7. The van der Waals surface area contributed by atoms with Crippen LogP contribution >= 0.6 is 34.8 Å². The van der Waals surface area contributed by atoms with Gasteiger partial charge in [-0.3, -0.25) is 0 Å².